The Kier molecular flexibility index (Phi) is 10.3. The molecular formula is C14H29NO4. The first-order valence-electron chi connectivity index (χ1n) is 7.36. The van der Waals surface area contributed by atoms with Crippen molar-refractivity contribution < 1.29 is 18.9 Å². The number of hydrogen-bond donors (Lipinski definition) is 0. The van der Waals surface area contributed by atoms with Crippen molar-refractivity contribution >= 4 is 0 Å². The molecule has 0 aromatic heterocycles. The van der Waals surface area contributed by atoms with Crippen LogP contribution in [0.5, 0.6) is 0 Å². The van der Waals surface area contributed by atoms with Gasteiger partial charge in [-0.1, -0.05) is 0 Å². The topological polar surface area (TPSA) is 40.2 Å². The molecule has 1 aliphatic rings. The number of nitrogens with zero attached hydrogens (tertiary/aromatic N) is 1. The van der Waals surface area contributed by atoms with Gasteiger partial charge in [-0.25, -0.2) is 0 Å². The van der Waals surface area contributed by atoms with Gasteiger partial charge in [-0.15, -0.1) is 0 Å². The molecule has 0 N–H and O–H groups in total. The smallest absolute Gasteiger partial charge is 0.0704 e. The van der Waals surface area contributed by atoms with Crippen LogP contribution in [0.25, 0.3) is 0 Å². The van der Waals surface area contributed by atoms with E-state index in [-0.39, 0.29) is 0 Å². The van der Waals surface area contributed by atoms with E-state index in [0.29, 0.717) is 45.7 Å². The van der Waals surface area contributed by atoms with Crippen molar-refractivity contribution in [3.05, 3.63) is 0 Å². The molecule has 1 rings (SSSR count). The lowest BCUT2D eigenvalue weighted by molar-refractivity contribution is -0.0323. The van der Waals surface area contributed by atoms with E-state index in [2.05, 4.69) is 11.9 Å². The second kappa shape index (κ2) is 11.6. The van der Waals surface area contributed by atoms with E-state index < -0.39 is 0 Å². The van der Waals surface area contributed by atoms with Crippen molar-refractivity contribution in [2.45, 2.75) is 25.9 Å². The van der Waals surface area contributed by atoms with Crippen LogP contribution >= 0.6 is 0 Å². The molecule has 1 heterocycles. The van der Waals surface area contributed by atoms with E-state index in [9.17, 15) is 0 Å². The molecule has 19 heavy (non-hydrogen) atoms. The number of rotatable bonds is 11. The summed E-state index contributed by atoms with van der Waals surface area (Å²) in [6, 6.07) is 0. The van der Waals surface area contributed by atoms with E-state index in [4.69, 9.17) is 18.9 Å². The van der Waals surface area contributed by atoms with Gasteiger partial charge < -0.3 is 23.8 Å². The Balaban J connectivity index is 1.76. The van der Waals surface area contributed by atoms with Crippen molar-refractivity contribution in [1.82, 2.24) is 4.90 Å². The third-order valence-electron chi connectivity index (χ3n) is 3.19. The number of piperidine rings is 1. The molecule has 0 saturated carbocycles. The summed E-state index contributed by atoms with van der Waals surface area (Å²) >= 11 is 0. The fourth-order valence-electron chi connectivity index (χ4n) is 2.01. The molecule has 1 saturated heterocycles. The third-order valence-corrected chi connectivity index (χ3v) is 3.19. The average molecular weight is 275 g/mol. The summed E-state index contributed by atoms with van der Waals surface area (Å²) in [5, 5.41) is 0. The molecule has 0 unspecified atom stereocenters. The van der Waals surface area contributed by atoms with Gasteiger partial charge >= 0.3 is 0 Å². The van der Waals surface area contributed by atoms with Crippen molar-refractivity contribution in [3.8, 4) is 0 Å². The number of likely N-dealkylation sites (tertiary alicyclic amines) is 1. The Morgan fingerprint density at radius 3 is 1.95 bits per heavy atom. The maximum absolute atomic E-state index is 5.78. The predicted octanol–water partition coefficient (Wildman–Crippen LogP) is 1.17. The van der Waals surface area contributed by atoms with Crippen LogP contribution in [0.4, 0.5) is 0 Å². The van der Waals surface area contributed by atoms with E-state index in [1.54, 1.807) is 0 Å². The minimum Gasteiger partial charge on any atom is -0.379 e. The normalized spacial score (nSPS) is 18.0. The van der Waals surface area contributed by atoms with Crippen LogP contribution in [-0.2, 0) is 18.9 Å². The van der Waals surface area contributed by atoms with Gasteiger partial charge in [0, 0.05) is 19.7 Å². The fraction of sp³-hybridized carbons (Fsp3) is 1.00. The molecule has 0 bridgehead atoms. The monoisotopic (exact) mass is 275 g/mol. The molecule has 0 atom stereocenters. The summed E-state index contributed by atoms with van der Waals surface area (Å²) in [5.74, 6) is 0. The van der Waals surface area contributed by atoms with Gasteiger partial charge in [0.05, 0.1) is 45.7 Å². The molecule has 0 aromatic carbocycles. The zero-order valence-corrected chi connectivity index (χ0v) is 12.4. The van der Waals surface area contributed by atoms with E-state index in [1.165, 1.54) is 0 Å². The zero-order chi connectivity index (χ0) is 13.8. The van der Waals surface area contributed by atoms with Crippen molar-refractivity contribution in [1.29, 1.82) is 0 Å². The molecule has 0 spiro atoms. The summed E-state index contributed by atoms with van der Waals surface area (Å²) in [6.45, 7) is 8.90. The highest BCUT2D eigenvalue weighted by Gasteiger charge is 2.16. The van der Waals surface area contributed by atoms with E-state index in [0.717, 1.165) is 32.5 Å². The maximum atomic E-state index is 5.78. The average Bonchev–Trinajstić information content (AvgIpc) is 2.43. The lowest BCUT2D eigenvalue weighted by Gasteiger charge is -2.28. The molecule has 114 valence electrons. The number of ether oxygens (including phenoxy) is 4. The molecular weight excluding hydrogens is 246 g/mol. The molecule has 0 amide bonds. The molecule has 1 fully saturated rings. The quantitative estimate of drug-likeness (QED) is 0.529. The third kappa shape index (κ3) is 9.35. The van der Waals surface area contributed by atoms with Gasteiger partial charge in [-0.2, -0.15) is 0 Å². The SMILES string of the molecule is CCOCCOCCOCCOC1CCN(C)CC1. The van der Waals surface area contributed by atoms with Crippen LogP contribution in [-0.4, -0.2) is 77.4 Å². The standard InChI is InChI=1S/C14H29NO4/c1-3-16-8-9-17-10-11-18-12-13-19-14-4-6-15(2)7-5-14/h14H,3-13H2,1-2H3. The second-order valence-corrected chi connectivity index (χ2v) is 4.80. The Labute approximate surface area is 117 Å². The van der Waals surface area contributed by atoms with Gasteiger partial charge in [0.25, 0.3) is 0 Å². The Hall–Kier alpha value is -0.200. The summed E-state index contributed by atoms with van der Waals surface area (Å²) < 4.78 is 21.7. The molecule has 0 radical (unpaired) electrons. The maximum Gasteiger partial charge on any atom is 0.0704 e. The first-order chi connectivity index (χ1) is 9.33. The van der Waals surface area contributed by atoms with Crippen LogP contribution in [0.2, 0.25) is 0 Å². The van der Waals surface area contributed by atoms with Crippen LogP contribution in [0, 0.1) is 0 Å². The zero-order valence-electron chi connectivity index (χ0n) is 12.4. The van der Waals surface area contributed by atoms with Crippen LogP contribution < -0.4 is 0 Å². The number of hydrogen-bond acceptors (Lipinski definition) is 5. The Morgan fingerprint density at radius 2 is 1.37 bits per heavy atom. The minimum absolute atomic E-state index is 0.419. The molecule has 5 nitrogen and oxygen atoms in total. The van der Waals surface area contributed by atoms with Crippen LogP contribution in [0.3, 0.4) is 0 Å². The lowest BCUT2D eigenvalue weighted by atomic mass is 10.1. The molecule has 1 aliphatic heterocycles. The van der Waals surface area contributed by atoms with Crippen LogP contribution in [0.15, 0.2) is 0 Å². The Morgan fingerprint density at radius 1 is 0.842 bits per heavy atom. The fourth-order valence-corrected chi connectivity index (χ4v) is 2.01. The largest absolute Gasteiger partial charge is 0.379 e. The highest BCUT2D eigenvalue weighted by atomic mass is 16.6. The van der Waals surface area contributed by atoms with Gasteiger partial charge in [0.15, 0.2) is 0 Å². The van der Waals surface area contributed by atoms with Gasteiger partial charge in [-0.05, 0) is 26.8 Å². The summed E-state index contributed by atoms with van der Waals surface area (Å²) in [7, 11) is 2.16. The van der Waals surface area contributed by atoms with Gasteiger partial charge in [0.2, 0.25) is 0 Å². The second-order valence-electron chi connectivity index (χ2n) is 4.80. The van der Waals surface area contributed by atoms with Gasteiger partial charge in [-0.3, -0.25) is 0 Å². The molecule has 0 aromatic rings. The summed E-state index contributed by atoms with van der Waals surface area (Å²) in [4.78, 5) is 2.34. The Bertz CT molecular complexity index is 196. The van der Waals surface area contributed by atoms with Crippen molar-refractivity contribution in [3.63, 3.8) is 0 Å². The lowest BCUT2D eigenvalue weighted by Crippen LogP contribution is -2.34. The highest BCUT2D eigenvalue weighted by Crippen LogP contribution is 2.11. The van der Waals surface area contributed by atoms with Gasteiger partial charge in [0.1, 0.15) is 0 Å². The van der Waals surface area contributed by atoms with Crippen molar-refractivity contribution in [2.24, 2.45) is 0 Å². The summed E-state index contributed by atoms with van der Waals surface area (Å²) in [6.07, 6.45) is 2.69. The highest BCUT2D eigenvalue weighted by molar-refractivity contribution is 4.69. The predicted molar refractivity (Wildman–Crippen MR) is 74.6 cm³/mol. The summed E-state index contributed by atoms with van der Waals surface area (Å²) in [5.41, 5.74) is 0. The van der Waals surface area contributed by atoms with E-state index >= 15 is 0 Å². The van der Waals surface area contributed by atoms with Crippen molar-refractivity contribution in [2.75, 3.05) is 66.4 Å². The van der Waals surface area contributed by atoms with Crippen LogP contribution in [0.1, 0.15) is 19.8 Å². The first kappa shape index (κ1) is 16.9. The minimum atomic E-state index is 0.419. The first-order valence-corrected chi connectivity index (χ1v) is 7.36. The van der Waals surface area contributed by atoms with E-state index in [1.807, 2.05) is 6.92 Å². The molecule has 0 aliphatic carbocycles. The molecule has 5 heteroatoms.